The Labute approximate surface area is 324 Å². The van der Waals surface area contributed by atoms with Crippen LogP contribution in [0, 0.1) is 3.57 Å². The third kappa shape index (κ3) is 11.0. The second-order valence-electron chi connectivity index (χ2n) is 11.4. The van der Waals surface area contributed by atoms with Gasteiger partial charge in [-0.05, 0) is 115 Å². The van der Waals surface area contributed by atoms with Gasteiger partial charge in [-0.15, -0.1) is 0 Å². The van der Waals surface area contributed by atoms with Crippen LogP contribution in [0.2, 0.25) is 0 Å². The summed E-state index contributed by atoms with van der Waals surface area (Å²) in [6.07, 6.45) is 0. The molecule has 4 heteroatoms. The van der Waals surface area contributed by atoms with Crippen molar-refractivity contribution in [2.75, 3.05) is 5.73 Å². The molecule has 0 saturated heterocycles. The van der Waals surface area contributed by atoms with Crippen molar-refractivity contribution in [3.8, 4) is 22.3 Å². The van der Waals surface area contributed by atoms with Gasteiger partial charge in [0.05, 0.1) is 0 Å². The Morgan fingerprint density at radius 1 is 0.488 bits per heavy atom. The fourth-order valence-corrected chi connectivity index (χ4v) is 6.32. The Balaban J connectivity index is 0.000000727. The molecule has 0 aliphatic heterocycles. The monoisotopic (exact) mass is 799 g/mol. The van der Waals surface area contributed by atoms with E-state index in [0.29, 0.717) is 23.7 Å². The first kappa shape index (κ1) is 40.8. The summed E-state index contributed by atoms with van der Waals surface area (Å²) in [5.41, 5.74) is 17.9. The molecule has 0 aliphatic rings. The maximum Gasteiger partial charge on any atom is 1.00 e. The van der Waals surface area contributed by atoms with Crippen molar-refractivity contribution in [3.05, 3.63) is 111 Å². The summed E-state index contributed by atoms with van der Waals surface area (Å²) >= 11 is 2.51. The molecule has 0 spiro atoms. The molecule has 0 aromatic heterocycles. The molecule has 0 atom stereocenters. The minimum Gasteiger partial charge on any atom is -1.00 e. The third-order valence-electron chi connectivity index (χ3n) is 7.08. The predicted octanol–water partition coefficient (Wildman–Crippen LogP) is 6.03. The van der Waals surface area contributed by atoms with Crippen LogP contribution < -0.4 is 81.1 Å². The van der Waals surface area contributed by atoms with E-state index in [-0.39, 0.29) is 82.8 Å². The molecular formula is C37H48I2KN. The van der Waals surface area contributed by atoms with Crippen molar-refractivity contribution in [1.29, 1.82) is 0 Å². The van der Waals surface area contributed by atoms with E-state index in [9.17, 15) is 0 Å². The molecule has 216 valence electrons. The molecule has 1 nitrogen and oxygen atoms in total. The van der Waals surface area contributed by atoms with E-state index >= 15 is 0 Å². The van der Waals surface area contributed by atoms with E-state index in [2.05, 4.69) is 157 Å². The SMILES string of the molecule is C.CC(C)c1cc(-c2ccccc2)cc(C(C)C)c1I.CC(C)c1cc(-c2ccccc2)cc(C(C)C)c1N.[I-].[K+]. The quantitative estimate of drug-likeness (QED) is 0.144. The van der Waals surface area contributed by atoms with Crippen molar-refractivity contribution in [3.63, 3.8) is 0 Å². The molecule has 0 radical (unpaired) electrons. The Bertz CT molecular complexity index is 1170. The van der Waals surface area contributed by atoms with Gasteiger partial charge >= 0.3 is 51.4 Å². The van der Waals surface area contributed by atoms with Gasteiger partial charge < -0.3 is 29.7 Å². The molecule has 0 fully saturated rings. The Kier molecular flexibility index (Phi) is 19.1. The van der Waals surface area contributed by atoms with Gasteiger partial charge in [-0.3, -0.25) is 0 Å². The van der Waals surface area contributed by atoms with Crippen LogP contribution in [-0.4, -0.2) is 0 Å². The number of anilines is 1. The fourth-order valence-electron chi connectivity index (χ4n) is 4.76. The molecule has 0 aliphatic carbocycles. The zero-order valence-electron chi connectivity index (χ0n) is 25.7. The third-order valence-corrected chi connectivity index (χ3v) is 8.32. The van der Waals surface area contributed by atoms with Gasteiger partial charge in [0, 0.05) is 9.26 Å². The Hall–Kier alpha value is -0.224. The molecule has 4 rings (SSSR count). The van der Waals surface area contributed by atoms with Crippen molar-refractivity contribution < 1.29 is 75.4 Å². The molecular weight excluding hydrogens is 751 g/mol. The average molecular weight is 800 g/mol. The molecule has 4 aromatic rings. The van der Waals surface area contributed by atoms with E-state index in [1.165, 1.54) is 48.1 Å². The normalized spacial score (nSPS) is 10.5. The van der Waals surface area contributed by atoms with E-state index in [1.807, 2.05) is 6.07 Å². The molecule has 0 heterocycles. The summed E-state index contributed by atoms with van der Waals surface area (Å²) < 4.78 is 1.43. The van der Waals surface area contributed by atoms with Crippen molar-refractivity contribution in [1.82, 2.24) is 0 Å². The molecule has 0 bridgehead atoms. The predicted molar refractivity (Wildman–Crippen MR) is 184 cm³/mol. The second kappa shape index (κ2) is 19.2. The standard InChI is InChI=1S/C18H21I.C18H23N.CH4.HI.K/c2*1-12(2)16-10-15(14-8-6-5-7-9-14)11-17(13(3)4)18(16)19;;;/h5-13H,1-4H3;5-13H,19H2,1-4H3;1H4;1H;/q;;;;+1/p-1. The average Bonchev–Trinajstić information content (AvgIpc) is 2.89. The second-order valence-corrected chi connectivity index (χ2v) is 12.5. The smallest absolute Gasteiger partial charge is 1.00 e. The summed E-state index contributed by atoms with van der Waals surface area (Å²) in [7, 11) is 0. The summed E-state index contributed by atoms with van der Waals surface area (Å²) in [6, 6.07) is 30.4. The van der Waals surface area contributed by atoms with Crippen molar-refractivity contribution in [2.45, 2.75) is 86.5 Å². The molecule has 0 saturated carbocycles. The van der Waals surface area contributed by atoms with Crippen LogP contribution in [0.4, 0.5) is 5.69 Å². The number of halogens is 2. The number of rotatable bonds is 6. The van der Waals surface area contributed by atoms with Crippen molar-refractivity contribution >= 4 is 28.3 Å². The summed E-state index contributed by atoms with van der Waals surface area (Å²) in [4.78, 5) is 0. The largest absolute Gasteiger partial charge is 1.00 e. The Morgan fingerprint density at radius 3 is 1.02 bits per heavy atom. The van der Waals surface area contributed by atoms with Crippen LogP contribution in [0.15, 0.2) is 84.9 Å². The maximum atomic E-state index is 6.33. The van der Waals surface area contributed by atoms with E-state index < -0.39 is 0 Å². The van der Waals surface area contributed by atoms with Crippen molar-refractivity contribution in [2.24, 2.45) is 0 Å². The summed E-state index contributed by atoms with van der Waals surface area (Å²) in [6.45, 7) is 17.9. The number of benzene rings is 4. The minimum atomic E-state index is 0. The van der Waals surface area contributed by atoms with E-state index in [1.54, 1.807) is 0 Å². The van der Waals surface area contributed by atoms with Crippen LogP contribution in [0.1, 0.15) is 109 Å². The number of nitrogen functional groups attached to an aromatic ring is 1. The van der Waals surface area contributed by atoms with Gasteiger partial charge in [-0.25, -0.2) is 0 Å². The van der Waals surface area contributed by atoms with Crippen LogP contribution in [0.5, 0.6) is 0 Å². The molecule has 2 N–H and O–H groups in total. The Morgan fingerprint density at radius 2 is 0.756 bits per heavy atom. The first-order chi connectivity index (χ1) is 18.0. The topological polar surface area (TPSA) is 26.0 Å². The van der Waals surface area contributed by atoms with Gasteiger partial charge in [-0.1, -0.05) is 123 Å². The van der Waals surface area contributed by atoms with E-state index in [0.717, 1.165) is 5.69 Å². The minimum absolute atomic E-state index is 0. The van der Waals surface area contributed by atoms with Crippen LogP contribution >= 0.6 is 22.6 Å². The number of hydrogen-bond donors (Lipinski definition) is 1. The molecule has 4 aromatic carbocycles. The summed E-state index contributed by atoms with van der Waals surface area (Å²) in [5.74, 6) is 2.02. The fraction of sp³-hybridized carbons (Fsp3) is 0.351. The van der Waals surface area contributed by atoms with E-state index in [4.69, 9.17) is 5.73 Å². The molecule has 41 heavy (non-hydrogen) atoms. The zero-order chi connectivity index (χ0) is 28.0. The number of nitrogens with two attached hydrogens (primary N) is 1. The maximum absolute atomic E-state index is 6.33. The van der Waals surface area contributed by atoms with Gasteiger partial charge in [0.15, 0.2) is 0 Å². The van der Waals surface area contributed by atoms with Gasteiger partial charge in [0.25, 0.3) is 0 Å². The van der Waals surface area contributed by atoms with Crippen LogP contribution in [-0.2, 0) is 0 Å². The molecule has 0 amide bonds. The van der Waals surface area contributed by atoms with Gasteiger partial charge in [-0.2, -0.15) is 0 Å². The zero-order valence-corrected chi connectivity index (χ0v) is 33.2. The van der Waals surface area contributed by atoms with Gasteiger partial charge in [0.2, 0.25) is 0 Å². The van der Waals surface area contributed by atoms with Crippen LogP contribution in [0.3, 0.4) is 0 Å². The first-order valence-corrected chi connectivity index (χ1v) is 15.0. The number of hydrogen-bond acceptors (Lipinski definition) is 1. The first-order valence-electron chi connectivity index (χ1n) is 13.9. The van der Waals surface area contributed by atoms with Crippen LogP contribution in [0.25, 0.3) is 22.3 Å². The van der Waals surface area contributed by atoms with Gasteiger partial charge in [0.1, 0.15) is 0 Å². The molecule has 0 unspecified atom stereocenters. The summed E-state index contributed by atoms with van der Waals surface area (Å²) in [5, 5.41) is 0.